The van der Waals surface area contributed by atoms with Crippen molar-refractivity contribution in [1.82, 2.24) is 0 Å². The van der Waals surface area contributed by atoms with Gasteiger partial charge in [-0.15, -0.1) is 0 Å². The van der Waals surface area contributed by atoms with E-state index in [1.165, 1.54) is 66.8 Å². The molecule has 0 spiro atoms. The summed E-state index contributed by atoms with van der Waals surface area (Å²) in [6, 6.07) is 63.3. The van der Waals surface area contributed by atoms with E-state index in [0.29, 0.717) is 36.5 Å². The van der Waals surface area contributed by atoms with E-state index in [-0.39, 0.29) is 0 Å². The molecule has 0 saturated carbocycles. The number of hydrogen-bond acceptors (Lipinski definition) is 4. The third-order valence-corrected chi connectivity index (χ3v) is 19.0. The van der Waals surface area contributed by atoms with Gasteiger partial charge in [-0.25, -0.2) is 0 Å². The van der Waals surface area contributed by atoms with Crippen LogP contribution in [0.5, 0.6) is 17.2 Å². The van der Waals surface area contributed by atoms with Crippen molar-refractivity contribution in [3.8, 4) is 17.2 Å². The molecule has 5 heteroatoms. The van der Waals surface area contributed by atoms with E-state index in [4.69, 9.17) is 13.6 Å². The summed E-state index contributed by atoms with van der Waals surface area (Å²) in [5, 5.41) is 0. The van der Waals surface area contributed by atoms with E-state index in [1.54, 1.807) is 0 Å². The zero-order valence-corrected chi connectivity index (χ0v) is 50.9. The lowest BCUT2D eigenvalue weighted by Crippen LogP contribution is -2.31. The minimum atomic E-state index is -4.82. The van der Waals surface area contributed by atoms with Crippen molar-refractivity contribution in [3.05, 3.63) is 299 Å². The standard InChI is InChI=1S/C75H81O4P/c1-49-28-22-29-50(2)61(49)46-73(13,70-55(7)34-25-35-56(70)8)64-40-16-19-43-67(64)77-80(76,78-68-44-20-17-41-65(68)74(14,71-57(9)36-26-37-58(71)10)47-62-51(3)30-23-31-52(62)4)79-69-45-21-18-42-66(69)75(15,72-59(11)38-27-39-60(72)12)48-63-53(5)32-24-33-54(63)6/h16-45H,46-48H2,1-15H3. The Hall–Kier alpha value is -7.39. The van der Waals surface area contributed by atoms with E-state index in [2.05, 4.69) is 249 Å². The van der Waals surface area contributed by atoms with Crippen molar-refractivity contribution in [2.45, 2.75) is 139 Å². The largest absolute Gasteiger partial charge is 0.647 e. The van der Waals surface area contributed by atoms with Crippen molar-refractivity contribution >= 4 is 7.82 Å². The van der Waals surface area contributed by atoms with Gasteiger partial charge >= 0.3 is 7.82 Å². The van der Waals surface area contributed by atoms with Crippen molar-refractivity contribution in [1.29, 1.82) is 0 Å². The summed E-state index contributed by atoms with van der Waals surface area (Å²) in [7, 11) is -4.82. The molecule has 410 valence electrons. The summed E-state index contributed by atoms with van der Waals surface area (Å²) in [5.74, 6) is 1.26. The highest BCUT2D eigenvalue weighted by atomic mass is 31.2. The van der Waals surface area contributed by atoms with E-state index in [0.717, 1.165) is 50.1 Å². The first kappa shape index (κ1) is 57.3. The van der Waals surface area contributed by atoms with Gasteiger partial charge < -0.3 is 13.6 Å². The van der Waals surface area contributed by atoms with Gasteiger partial charge in [-0.2, -0.15) is 4.57 Å². The second kappa shape index (κ2) is 23.0. The Bertz CT molecular complexity index is 3300. The molecule has 0 aliphatic heterocycles. The Morgan fingerprint density at radius 1 is 0.275 bits per heavy atom. The molecule has 3 unspecified atom stereocenters. The minimum absolute atomic E-state index is 0.420. The van der Waals surface area contributed by atoms with Gasteiger partial charge in [0.05, 0.1) is 0 Å². The van der Waals surface area contributed by atoms with Crippen LogP contribution in [0.3, 0.4) is 0 Å². The molecule has 0 bridgehead atoms. The molecule has 9 rings (SSSR count). The molecule has 0 aliphatic carbocycles. The van der Waals surface area contributed by atoms with Crippen molar-refractivity contribution < 1.29 is 18.1 Å². The lowest BCUT2D eigenvalue weighted by molar-refractivity contribution is 0.290. The molecule has 0 heterocycles. The van der Waals surface area contributed by atoms with Crippen molar-refractivity contribution in [3.63, 3.8) is 0 Å². The van der Waals surface area contributed by atoms with E-state index >= 15 is 4.57 Å². The van der Waals surface area contributed by atoms with Gasteiger partial charge in [0.2, 0.25) is 0 Å². The Morgan fingerprint density at radius 2 is 0.463 bits per heavy atom. The average Bonchev–Trinajstić information content (AvgIpc) is 3.40. The van der Waals surface area contributed by atoms with Gasteiger partial charge in [0.1, 0.15) is 17.2 Å². The fourth-order valence-electron chi connectivity index (χ4n) is 13.9. The van der Waals surface area contributed by atoms with Crippen molar-refractivity contribution in [2.24, 2.45) is 0 Å². The second-order valence-electron chi connectivity index (χ2n) is 23.6. The number of benzene rings is 9. The van der Waals surface area contributed by atoms with E-state index in [1.807, 2.05) is 36.4 Å². The van der Waals surface area contributed by atoms with Gasteiger partial charge in [0.25, 0.3) is 0 Å². The Labute approximate surface area is 478 Å². The molecule has 3 atom stereocenters. The maximum atomic E-state index is 17.3. The van der Waals surface area contributed by atoms with Crippen LogP contribution in [0, 0.1) is 83.1 Å². The summed E-state index contributed by atoms with van der Waals surface area (Å²) in [6.45, 7) is 33.2. The topological polar surface area (TPSA) is 44.8 Å². The predicted molar refractivity (Wildman–Crippen MR) is 335 cm³/mol. The fourth-order valence-corrected chi connectivity index (χ4v) is 15.2. The molecular formula is C75H81O4P. The number of phosphoric acid groups is 1. The van der Waals surface area contributed by atoms with Crippen LogP contribution < -0.4 is 13.6 Å². The summed E-state index contributed by atoms with van der Waals surface area (Å²) >= 11 is 0. The number of aryl methyl sites for hydroxylation is 12. The first-order chi connectivity index (χ1) is 38.1. The highest BCUT2D eigenvalue weighted by molar-refractivity contribution is 7.49. The van der Waals surface area contributed by atoms with Crippen LogP contribution in [-0.4, -0.2) is 0 Å². The van der Waals surface area contributed by atoms with Crippen LogP contribution in [-0.2, 0) is 40.1 Å². The number of para-hydroxylation sites is 3. The molecule has 4 nitrogen and oxygen atoms in total. The zero-order chi connectivity index (χ0) is 57.3. The predicted octanol–water partition coefficient (Wildman–Crippen LogP) is 19.7. The normalized spacial score (nSPS) is 14.5. The summed E-state index contributed by atoms with van der Waals surface area (Å²) in [6.07, 6.45) is 1.98. The highest BCUT2D eigenvalue weighted by Crippen LogP contribution is 2.57. The fraction of sp³-hybridized carbons (Fsp3) is 0.280. The molecule has 0 amide bonds. The smallest absolute Gasteiger partial charge is 0.386 e. The Morgan fingerprint density at radius 3 is 0.675 bits per heavy atom. The van der Waals surface area contributed by atoms with Crippen LogP contribution in [0.2, 0.25) is 0 Å². The molecule has 0 aromatic heterocycles. The molecule has 0 aliphatic rings. The highest BCUT2D eigenvalue weighted by Gasteiger charge is 2.44. The third-order valence-electron chi connectivity index (χ3n) is 17.7. The number of phosphoric ester groups is 1. The SMILES string of the molecule is Cc1cccc(C)c1CC(C)(c1ccccc1OP(=O)(Oc1ccccc1C(C)(Cc1c(C)cccc1C)c1c(C)cccc1C)Oc1ccccc1C(C)(Cc1c(C)cccc1C)c1c(C)cccc1C)c1c(C)cccc1C. The first-order valence-corrected chi connectivity index (χ1v) is 29.9. The lowest BCUT2D eigenvalue weighted by Gasteiger charge is -2.38. The molecule has 0 radical (unpaired) electrons. The molecule has 80 heavy (non-hydrogen) atoms. The monoisotopic (exact) mass is 1080 g/mol. The van der Waals surface area contributed by atoms with Crippen LogP contribution in [0.4, 0.5) is 0 Å². The van der Waals surface area contributed by atoms with Gasteiger partial charge in [0.15, 0.2) is 0 Å². The van der Waals surface area contributed by atoms with Crippen molar-refractivity contribution in [2.75, 3.05) is 0 Å². The molecule has 0 fully saturated rings. The van der Waals surface area contributed by atoms with Gasteiger partial charge in [-0.3, -0.25) is 0 Å². The van der Waals surface area contributed by atoms with Gasteiger partial charge in [-0.1, -0.05) is 185 Å². The van der Waals surface area contributed by atoms with Gasteiger partial charge in [0, 0.05) is 32.9 Å². The average molecular weight is 1080 g/mol. The Balaban J connectivity index is 1.30. The van der Waals surface area contributed by atoms with E-state index in [9.17, 15) is 0 Å². The van der Waals surface area contributed by atoms with E-state index < -0.39 is 24.1 Å². The van der Waals surface area contributed by atoms with Crippen LogP contribution in [0.15, 0.2) is 182 Å². The molecule has 9 aromatic carbocycles. The summed E-state index contributed by atoms with van der Waals surface area (Å²) in [4.78, 5) is 0. The maximum Gasteiger partial charge on any atom is 0.647 e. The summed E-state index contributed by atoms with van der Waals surface area (Å²) in [5.41, 5.74) is 22.2. The summed E-state index contributed by atoms with van der Waals surface area (Å²) < 4.78 is 39.4. The minimum Gasteiger partial charge on any atom is -0.386 e. The lowest BCUT2D eigenvalue weighted by atomic mass is 9.68. The van der Waals surface area contributed by atoms with Crippen LogP contribution >= 0.6 is 7.82 Å². The quantitative estimate of drug-likeness (QED) is 0.0803. The maximum absolute atomic E-state index is 17.3. The molecule has 0 saturated heterocycles. The molecule has 0 N–H and O–H groups in total. The first-order valence-electron chi connectivity index (χ1n) is 28.4. The van der Waals surface area contributed by atoms with Crippen LogP contribution in [0.1, 0.15) is 138 Å². The second-order valence-corrected chi connectivity index (χ2v) is 25.1. The number of hydrogen-bond donors (Lipinski definition) is 0. The molecular weight excluding hydrogens is 996 g/mol. The number of rotatable bonds is 18. The third kappa shape index (κ3) is 11.1. The van der Waals surface area contributed by atoms with Gasteiger partial charge in [-0.05, 0) is 221 Å². The zero-order valence-electron chi connectivity index (χ0n) is 50.0. The molecule has 9 aromatic rings. The Kier molecular flexibility index (Phi) is 16.5. The van der Waals surface area contributed by atoms with Crippen LogP contribution in [0.25, 0.3) is 0 Å².